The van der Waals surface area contributed by atoms with E-state index in [4.69, 9.17) is 0 Å². The van der Waals surface area contributed by atoms with Crippen molar-refractivity contribution in [3.63, 3.8) is 0 Å². The van der Waals surface area contributed by atoms with E-state index in [0.717, 1.165) is 6.42 Å². The highest BCUT2D eigenvalue weighted by atomic mass is 32.2. The minimum Gasteiger partial charge on any atom is -0.354 e. The molecule has 1 fully saturated rings. The Labute approximate surface area is 127 Å². The molecule has 1 aliphatic heterocycles. The Kier molecular flexibility index (Phi) is 4.75. The largest absolute Gasteiger partial charge is 0.354 e. The Hall–Kier alpha value is -1.01. The van der Waals surface area contributed by atoms with Gasteiger partial charge in [-0.3, -0.25) is 9.59 Å². The van der Waals surface area contributed by atoms with Crippen LogP contribution in [-0.4, -0.2) is 34.9 Å². The molecule has 1 aromatic heterocycles. The molecule has 1 aliphatic rings. The molecule has 1 saturated heterocycles. The van der Waals surface area contributed by atoms with Gasteiger partial charge in [-0.2, -0.15) is 0 Å². The third-order valence-corrected chi connectivity index (χ3v) is 5.89. The van der Waals surface area contributed by atoms with Crippen molar-refractivity contribution in [1.82, 2.24) is 10.6 Å². The van der Waals surface area contributed by atoms with Gasteiger partial charge in [0.2, 0.25) is 11.8 Å². The number of aryl methyl sites for hydroxylation is 1. The molecule has 6 heteroatoms. The van der Waals surface area contributed by atoms with Gasteiger partial charge >= 0.3 is 0 Å². The SMILES string of the molecule is Cc1ccsc1CCNC(=O)[C@H]1CSC(C)(C)C(=O)N1. The molecule has 0 spiro atoms. The van der Waals surface area contributed by atoms with E-state index < -0.39 is 10.8 Å². The molecule has 1 aromatic rings. The first-order valence-corrected chi connectivity index (χ1v) is 8.52. The van der Waals surface area contributed by atoms with E-state index in [0.29, 0.717) is 12.3 Å². The average molecular weight is 312 g/mol. The van der Waals surface area contributed by atoms with Crippen molar-refractivity contribution in [3.8, 4) is 0 Å². The van der Waals surface area contributed by atoms with Gasteiger partial charge in [-0.25, -0.2) is 0 Å². The number of hydrogen-bond donors (Lipinski definition) is 2. The molecular weight excluding hydrogens is 292 g/mol. The van der Waals surface area contributed by atoms with Gasteiger partial charge in [0.1, 0.15) is 6.04 Å². The summed E-state index contributed by atoms with van der Waals surface area (Å²) in [6, 6.07) is 1.67. The quantitative estimate of drug-likeness (QED) is 0.890. The molecule has 4 nitrogen and oxygen atoms in total. The number of amides is 2. The van der Waals surface area contributed by atoms with Gasteiger partial charge in [-0.15, -0.1) is 23.1 Å². The minimum absolute atomic E-state index is 0.0667. The van der Waals surface area contributed by atoms with Gasteiger partial charge in [0.05, 0.1) is 4.75 Å². The fourth-order valence-corrected chi connectivity index (χ4v) is 3.87. The smallest absolute Gasteiger partial charge is 0.243 e. The molecule has 0 aromatic carbocycles. The maximum Gasteiger partial charge on any atom is 0.243 e. The van der Waals surface area contributed by atoms with Crippen LogP contribution in [0.25, 0.3) is 0 Å². The predicted octanol–water partition coefficient (Wildman–Crippen LogP) is 1.73. The monoisotopic (exact) mass is 312 g/mol. The Morgan fingerprint density at radius 2 is 2.30 bits per heavy atom. The van der Waals surface area contributed by atoms with E-state index in [1.54, 1.807) is 11.3 Å². The topological polar surface area (TPSA) is 58.2 Å². The number of carbonyl (C=O) groups excluding carboxylic acids is 2. The molecule has 110 valence electrons. The summed E-state index contributed by atoms with van der Waals surface area (Å²) >= 11 is 3.24. The Balaban J connectivity index is 1.78. The lowest BCUT2D eigenvalue weighted by atomic mass is 10.1. The van der Waals surface area contributed by atoms with E-state index in [9.17, 15) is 9.59 Å². The third kappa shape index (κ3) is 3.55. The van der Waals surface area contributed by atoms with Crippen molar-refractivity contribution in [3.05, 3.63) is 21.9 Å². The highest BCUT2D eigenvalue weighted by Crippen LogP contribution is 2.28. The lowest BCUT2D eigenvalue weighted by molar-refractivity contribution is -0.129. The first-order chi connectivity index (χ1) is 9.40. The summed E-state index contributed by atoms with van der Waals surface area (Å²) in [7, 11) is 0. The summed E-state index contributed by atoms with van der Waals surface area (Å²) < 4.78 is -0.440. The van der Waals surface area contributed by atoms with Crippen LogP contribution in [0.3, 0.4) is 0 Å². The molecule has 2 heterocycles. The molecule has 0 aliphatic carbocycles. The van der Waals surface area contributed by atoms with E-state index in [2.05, 4.69) is 29.0 Å². The van der Waals surface area contributed by atoms with E-state index in [1.165, 1.54) is 22.2 Å². The maximum atomic E-state index is 12.0. The van der Waals surface area contributed by atoms with Crippen molar-refractivity contribution >= 4 is 34.9 Å². The zero-order valence-corrected chi connectivity index (χ0v) is 13.6. The fourth-order valence-electron chi connectivity index (χ4n) is 1.95. The fraction of sp³-hybridized carbons (Fsp3) is 0.571. The number of thiophene rings is 1. The molecule has 1 atom stereocenters. The summed E-state index contributed by atoms with van der Waals surface area (Å²) in [5, 5.41) is 7.76. The second kappa shape index (κ2) is 6.18. The van der Waals surface area contributed by atoms with Gasteiger partial charge < -0.3 is 10.6 Å². The molecule has 0 radical (unpaired) electrons. The maximum absolute atomic E-state index is 12.0. The van der Waals surface area contributed by atoms with Gasteiger partial charge in [0.15, 0.2) is 0 Å². The van der Waals surface area contributed by atoms with Crippen LogP contribution in [0.2, 0.25) is 0 Å². The number of carbonyl (C=O) groups is 2. The van der Waals surface area contributed by atoms with Crippen LogP contribution in [0.4, 0.5) is 0 Å². The predicted molar refractivity (Wildman–Crippen MR) is 84.2 cm³/mol. The lowest BCUT2D eigenvalue weighted by Gasteiger charge is -2.32. The number of hydrogen-bond acceptors (Lipinski definition) is 4. The van der Waals surface area contributed by atoms with Gasteiger partial charge in [-0.05, 0) is 44.2 Å². The Morgan fingerprint density at radius 1 is 1.55 bits per heavy atom. The Bertz CT molecular complexity index is 511. The number of nitrogens with one attached hydrogen (secondary N) is 2. The molecule has 0 bridgehead atoms. The second-order valence-electron chi connectivity index (χ2n) is 5.42. The molecule has 0 unspecified atom stereocenters. The molecule has 2 amide bonds. The summed E-state index contributed by atoms with van der Waals surface area (Å²) in [6.07, 6.45) is 0.842. The zero-order valence-electron chi connectivity index (χ0n) is 12.0. The van der Waals surface area contributed by atoms with Crippen molar-refractivity contribution < 1.29 is 9.59 Å². The zero-order chi connectivity index (χ0) is 14.8. The van der Waals surface area contributed by atoms with Gasteiger partial charge in [0.25, 0.3) is 0 Å². The van der Waals surface area contributed by atoms with E-state index in [-0.39, 0.29) is 11.8 Å². The normalized spacial score (nSPS) is 21.4. The van der Waals surface area contributed by atoms with Crippen molar-refractivity contribution in [2.45, 2.75) is 38.0 Å². The van der Waals surface area contributed by atoms with Crippen molar-refractivity contribution in [2.75, 3.05) is 12.3 Å². The van der Waals surface area contributed by atoms with E-state index in [1.807, 2.05) is 13.8 Å². The molecule has 2 N–H and O–H groups in total. The highest BCUT2D eigenvalue weighted by Gasteiger charge is 2.37. The lowest BCUT2D eigenvalue weighted by Crippen LogP contribution is -2.57. The second-order valence-corrected chi connectivity index (χ2v) is 8.06. The standard InChI is InChI=1S/C14H20N2O2S2/c1-9-5-7-19-11(9)4-6-15-12(17)10-8-20-14(2,3)13(18)16-10/h5,7,10H,4,6,8H2,1-3H3,(H,15,17)(H,16,18)/t10-/m1/s1. The van der Waals surface area contributed by atoms with Crippen LogP contribution in [0.15, 0.2) is 11.4 Å². The van der Waals surface area contributed by atoms with Crippen LogP contribution in [-0.2, 0) is 16.0 Å². The summed E-state index contributed by atoms with van der Waals surface area (Å²) in [5.74, 6) is 0.473. The molecular formula is C14H20N2O2S2. The van der Waals surface area contributed by atoms with Crippen molar-refractivity contribution in [1.29, 1.82) is 0 Å². The van der Waals surface area contributed by atoms with Crippen LogP contribution >= 0.6 is 23.1 Å². The summed E-state index contributed by atoms with van der Waals surface area (Å²) in [5.41, 5.74) is 1.27. The van der Waals surface area contributed by atoms with Gasteiger partial charge in [-0.1, -0.05) is 0 Å². The third-order valence-electron chi connectivity index (χ3n) is 3.40. The van der Waals surface area contributed by atoms with Crippen LogP contribution in [0.1, 0.15) is 24.3 Å². The Morgan fingerprint density at radius 3 is 2.90 bits per heavy atom. The van der Waals surface area contributed by atoms with Gasteiger partial charge in [0, 0.05) is 17.2 Å². The summed E-state index contributed by atoms with van der Waals surface area (Å²) in [6.45, 7) is 6.44. The van der Waals surface area contributed by atoms with Crippen LogP contribution in [0.5, 0.6) is 0 Å². The number of thioether (sulfide) groups is 1. The van der Waals surface area contributed by atoms with Crippen molar-refractivity contribution in [2.24, 2.45) is 0 Å². The van der Waals surface area contributed by atoms with Crippen LogP contribution < -0.4 is 10.6 Å². The highest BCUT2D eigenvalue weighted by molar-refractivity contribution is 8.01. The average Bonchev–Trinajstić information content (AvgIpc) is 2.78. The molecule has 2 rings (SSSR count). The first kappa shape index (κ1) is 15.4. The first-order valence-electron chi connectivity index (χ1n) is 6.66. The summed E-state index contributed by atoms with van der Waals surface area (Å²) in [4.78, 5) is 25.2. The molecule has 0 saturated carbocycles. The minimum atomic E-state index is -0.440. The molecule has 20 heavy (non-hydrogen) atoms. The number of rotatable bonds is 4. The van der Waals surface area contributed by atoms with Crippen LogP contribution in [0, 0.1) is 6.92 Å². The van der Waals surface area contributed by atoms with E-state index >= 15 is 0 Å².